The third-order valence-electron chi connectivity index (χ3n) is 5.65. The number of H-pyrrole nitrogens is 1. The summed E-state index contributed by atoms with van der Waals surface area (Å²) < 4.78 is 0. The van der Waals surface area contributed by atoms with Gasteiger partial charge in [0.25, 0.3) is 0 Å². The topological polar surface area (TPSA) is 194 Å². The minimum absolute atomic E-state index is 0.0295. The Labute approximate surface area is 205 Å². The summed E-state index contributed by atoms with van der Waals surface area (Å²) in [5.74, 6) is -0.851. The van der Waals surface area contributed by atoms with Crippen LogP contribution in [0, 0.1) is 5.92 Å². The first-order valence-electron chi connectivity index (χ1n) is 11.8. The molecule has 0 saturated heterocycles. The Balaban J connectivity index is 2.12. The smallest absolute Gasteiger partial charge is 0.240 e. The van der Waals surface area contributed by atoms with Crippen molar-refractivity contribution in [3.05, 3.63) is 36.0 Å². The molecule has 0 saturated carbocycles. The number of guanidine groups is 1. The summed E-state index contributed by atoms with van der Waals surface area (Å²) in [5.41, 5.74) is 24.1. The third-order valence-corrected chi connectivity index (χ3v) is 5.65. The number of rotatable bonds is 15. The van der Waals surface area contributed by atoms with E-state index in [0.29, 0.717) is 25.8 Å². The molecule has 2 aromatic rings. The number of carbonyl (C=O) groups is 3. The number of aliphatic imine (C=N–C) groups is 1. The molecule has 11 heteroatoms. The number of aromatic amines is 1. The summed E-state index contributed by atoms with van der Waals surface area (Å²) in [6.07, 6.45) is 3.52. The van der Waals surface area contributed by atoms with Crippen LogP contribution >= 0.6 is 0 Å². The third kappa shape index (κ3) is 9.02. The van der Waals surface area contributed by atoms with E-state index in [0.717, 1.165) is 16.5 Å². The summed E-state index contributed by atoms with van der Waals surface area (Å²) in [7, 11) is 0. The number of nitrogens with two attached hydrogens (primary N) is 3. The van der Waals surface area contributed by atoms with Crippen LogP contribution in [0.1, 0.15) is 45.6 Å². The minimum Gasteiger partial charge on any atom is -0.370 e. The zero-order chi connectivity index (χ0) is 26.0. The van der Waals surface area contributed by atoms with Crippen molar-refractivity contribution in [3.63, 3.8) is 0 Å². The number of hydrazine groups is 1. The summed E-state index contributed by atoms with van der Waals surface area (Å²) >= 11 is 0. The lowest BCUT2D eigenvalue weighted by molar-refractivity contribution is -0.129. The maximum atomic E-state index is 13.2. The molecule has 0 fully saturated rings. The Hall–Kier alpha value is -3.44. The van der Waals surface area contributed by atoms with Crippen molar-refractivity contribution in [1.82, 2.24) is 21.2 Å². The summed E-state index contributed by atoms with van der Waals surface area (Å²) in [6.45, 7) is 5.86. The standard InChI is InChI=1S/C24H38N8O3/c1-14(2)11-20(15(3)33)32-31-19(9-6-10-28-24(26)27)23(35)30-21(22(25)34)12-16-13-29-18-8-5-4-7-17(16)18/h4-5,7-8,13-14,19-21,29,31-32H,6,9-12H2,1-3H3,(H2,25,34)(H,30,35)(H4,26,27,28)/t19-,20-,21-/m0/s1. The molecular formula is C24H38N8O3. The molecule has 10 N–H and O–H groups in total. The van der Waals surface area contributed by atoms with Crippen molar-refractivity contribution in [1.29, 1.82) is 0 Å². The predicted octanol–water partition coefficient (Wildman–Crippen LogP) is 0.201. The van der Waals surface area contributed by atoms with Gasteiger partial charge in [0.1, 0.15) is 17.9 Å². The zero-order valence-electron chi connectivity index (χ0n) is 20.6. The van der Waals surface area contributed by atoms with Gasteiger partial charge in [-0.1, -0.05) is 32.0 Å². The molecule has 0 aliphatic carbocycles. The molecule has 11 nitrogen and oxygen atoms in total. The van der Waals surface area contributed by atoms with Crippen LogP contribution in [0.5, 0.6) is 0 Å². The molecule has 35 heavy (non-hydrogen) atoms. The van der Waals surface area contributed by atoms with Crippen LogP contribution in [0.3, 0.4) is 0 Å². The van der Waals surface area contributed by atoms with Crippen LogP contribution in [0.15, 0.2) is 35.5 Å². The van der Waals surface area contributed by atoms with Gasteiger partial charge < -0.3 is 27.5 Å². The number of benzene rings is 1. The van der Waals surface area contributed by atoms with E-state index in [1.807, 2.05) is 44.3 Å². The molecule has 2 amide bonds. The Morgan fingerprint density at radius 2 is 1.71 bits per heavy atom. The van der Waals surface area contributed by atoms with Gasteiger partial charge in [-0.25, -0.2) is 10.9 Å². The summed E-state index contributed by atoms with van der Waals surface area (Å²) in [4.78, 5) is 44.5. The number of carbonyl (C=O) groups excluding carboxylic acids is 3. The number of Topliss-reactive ketones (excluding diaryl/α,β-unsaturated/α-hetero) is 1. The van der Waals surface area contributed by atoms with E-state index in [9.17, 15) is 14.4 Å². The maximum Gasteiger partial charge on any atom is 0.240 e. The number of hydrogen-bond acceptors (Lipinski definition) is 6. The average molecular weight is 487 g/mol. The highest BCUT2D eigenvalue weighted by atomic mass is 16.2. The lowest BCUT2D eigenvalue weighted by Gasteiger charge is -2.25. The normalized spacial score (nSPS) is 13.8. The van der Waals surface area contributed by atoms with E-state index in [-0.39, 0.29) is 24.1 Å². The van der Waals surface area contributed by atoms with Gasteiger partial charge >= 0.3 is 0 Å². The number of aromatic nitrogens is 1. The Morgan fingerprint density at radius 1 is 1.03 bits per heavy atom. The molecule has 0 aliphatic rings. The Morgan fingerprint density at radius 3 is 2.34 bits per heavy atom. The maximum absolute atomic E-state index is 13.2. The largest absolute Gasteiger partial charge is 0.370 e. The minimum atomic E-state index is -0.914. The number of para-hydroxylation sites is 1. The van der Waals surface area contributed by atoms with Crippen molar-refractivity contribution in [2.75, 3.05) is 6.54 Å². The second kappa shape index (κ2) is 13.4. The molecule has 0 spiro atoms. The lowest BCUT2D eigenvalue weighted by atomic mass is 10.0. The van der Waals surface area contributed by atoms with Gasteiger partial charge in [0.2, 0.25) is 11.8 Å². The second-order valence-electron chi connectivity index (χ2n) is 9.11. The Kier molecular flexibility index (Phi) is 10.7. The van der Waals surface area contributed by atoms with Crippen molar-refractivity contribution >= 4 is 34.5 Å². The number of fused-ring (bicyclic) bond motifs is 1. The van der Waals surface area contributed by atoms with Crippen molar-refractivity contribution in [2.24, 2.45) is 28.1 Å². The summed E-state index contributed by atoms with van der Waals surface area (Å²) in [5, 5.41) is 3.72. The van der Waals surface area contributed by atoms with Gasteiger partial charge in [0.15, 0.2) is 5.96 Å². The number of amides is 2. The predicted molar refractivity (Wildman–Crippen MR) is 137 cm³/mol. The number of primary amides is 1. The van der Waals surface area contributed by atoms with Crippen LogP contribution < -0.4 is 33.4 Å². The zero-order valence-corrected chi connectivity index (χ0v) is 20.6. The lowest BCUT2D eigenvalue weighted by Crippen LogP contribution is -2.57. The van der Waals surface area contributed by atoms with Gasteiger partial charge in [-0.05, 0) is 43.7 Å². The summed E-state index contributed by atoms with van der Waals surface area (Å²) in [6, 6.07) is 5.57. The van der Waals surface area contributed by atoms with E-state index >= 15 is 0 Å². The molecule has 1 aromatic heterocycles. The first-order chi connectivity index (χ1) is 16.6. The van der Waals surface area contributed by atoms with Crippen molar-refractivity contribution in [2.45, 2.75) is 64.6 Å². The highest BCUT2D eigenvalue weighted by Crippen LogP contribution is 2.19. The highest BCUT2D eigenvalue weighted by molar-refractivity contribution is 5.90. The molecule has 0 radical (unpaired) electrons. The first kappa shape index (κ1) is 27.8. The molecule has 0 aliphatic heterocycles. The second-order valence-corrected chi connectivity index (χ2v) is 9.11. The van der Waals surface area contributed by atoms with Crippen LogP contribution in [-0.2, 0) is 20.8 Å². The number of ketones is 1. The van der Waals surface area contributed by atoms with Gasteiger partial charge in [0, 0.05) is 30.1 Å². The molecule has 1 aromatic carbocycles. The molecule has 1 heterocycles. The van der Waals surface area contributed by atoms with Gasteiger partial charge in [-0.15, -0.1) is 0 Å². The SMILES string of the molecule is CC(=O)[C@H](CC(C)C)NN[C@@H](CCCN=C(N)N)C(=O)N[C@@H](Cc1c[nH]c2ccccc12)C(N)=O. The monoisotopic (exact) mass is 486 g/mol. The van der Waals surface area contributed by atoms with Crippen LogP contribution in [0.2, 0.25) is 0 Å². The number of nitrogens with one attached hydrogen (secondary N) is 4. The fraction of sp³-hybridized carbons (Fsp3) is 0.500. The van der Waals surface area contributed by atoms with Gasteiger partial charge in [-0.2, -0.15) is 0 Å². The van der Waals surface area contributed by atoms with E-state index in [2.05, 4.69) is 26.1 Å². The van der Waals surface area contributed by atoms with Crippen LogP contribution in [0.25, 0.3) is 10.9 Å². The number of nitrogens with zero attached hydrogens (tertiary/aromatic N) is 1. The first-order valence-corrected chi connectivity index (χ1v) is 11.8. The fourth-order valence-corrected chi connectivity index (χ4v) is 3.79. The fourth-order valence-electron chi connectivity index (χ4n) is 3.79. The van der Waals surface area contributed by atoms with E-state index in [1.54, 1.807) is 0 Å². The Bertz CT molecular complexity index is 1030. The van der Waals surface area contributed by atoms with Gasteiger partial charge in [0.05, 0.1) is 6.04 Å². The highest BCUT2D eigenvalue weighted by Gasteiger charge is 2.26. The average Bonchev–Trinajstić information content (AvgIpc) is 3.19. The van der Waals surface area contributed by atoms with Crippen LogP contribution in [-0.4, -0.2) is 53.2 Å². The number of hydrogen-bond donors (Lipinski definition) is 7. The van der Waals surface area contributed by atoms with Gasteiger partial charge in [-0.3, -0.25) is 19.4 Å². The quantitative estimate of drug-likeness (QED) is 0.0808. The molecule has 192 valence electrons. The molecule has 0 unspecified atom stereocenters. The van der Waals surface area contributed by atoms with Crippen molar-refractivity contribution in [3.8, 4) is 0 Å². The molecule has 0 bridgehead atoms. The molecule has 2 rings (SSSR count). The van der Waals surface area contributed by atoms with E-state index < -0.39 is 29.9 Å². The van der Waals surface area contributed by atoms with Crippen molar-refractivity contribution < 1.29 is 14.4 Å². The van der Waals surface area contributed by atoms with E-state index in [4.69, 9.17) is 17.2 Å². The molecular weight excluding hydrogens is 448 g/mol. The molecule has 3 atom stereocenters. The van der Waals surface area contributed by atoms with E-state index in [1.165, 1.54) is 6.92 Å². The van der Waals surface area contributed by atoms with Crippen LogP contribution in [0.4, 0.5) is 0 Å².